The van der Waals surface area contributed by atoms with Crippen LogP contribution in [0.1, 0.15) is 27.3 Å². The molecule has 0 aliphatic heterocycles. The van der Waals surface area contributed by atoms with Gasteiger partial charge in [0.05, 0.1) is 12.7 Å². The summed E-state index contributed by atoms with van der Waals surface area (Å²) in [6.07, 6.45) is 0.789. The summed E-state index contributed by atoms with van der Waals surface area (Å²) in [6, 6.07) is 14.8. The molecule has 0 saturated carbocycles. The van der Waals surface area contributed by atoms with Gasteiger partial charge in [-0.15, -0.1) is 0 Å². The second-order valence-corrected chi connectivity index (χ2v) is 6.58. The molecule has 0 aliphatic rings. The third-order valence-electron chi connectivity index (χ3n) is 4.97. The zero-order valence-corrected chi connectivity index (χ0v) is 15.8. The van der Waals surface area contributed by atoms with Crippen LogP contribution in [0.15, 0.2) is 48.5 Å². The number of aromatic hydroxyl groups is 1. The number of methoxy groups -OCH3 is 1. The van der Waals surface area contributed by atoms with Crippen LogP contribution in [0.25, 0.3) is 11.1 Å². The van der Waals surface area contributed by atoms with Crippen molar-refractivity contribution in [2.24, 2.45) is 5.73 Å². The van der Waals surface area contributed by atoms with Gasteiger partial charge in [-0.2, -0.15) is 0 Å². The van der Waals surface area contributed by atoms with Crippen molar-refractivity contribution in [3.8, 4) is 22.6 Å². The van der Waals surface area contributed by atoms with Gasteiger partial charge in [0.25, 0.3) is 5.91 Å². The SMILES string of the molecule is COc1ccc(-c2c(C(N)=O)c(C)n(CCc3ccc(O)cc3)c2C)cc1. The highest BCUT2D eigenvalue weighted by Gasteiger charge is 2.22. The van der Waals surface area contributed by atoms with Crippen LogP contribution in [0.5, 0.6) is 11.5 Å². The summed E-state index contributed by atoms with van der Waals surface area (Å²) in [7, 11) is 1.62. The minimum atomic E-state index is -0.426. The number of hydrogen-bond donors (Lipinski definition) is 2. The first-order chi connectivity index (χ1) is 12.9. The third-order valence-corrected chi connectivity index (χ3v) is 4.97. The number of ether oxygens (including phenoxy) is 1. The van der Waals surface area contributed by atoms with Crippen molar-refractivity contribution in [2.45, 2.75) is 26.8 Å². The number of phenolic OH excluding ortho intramolecular Hbond substituents is 1. The Balaban J connectivity index is 1.99. The summed E-state index contributed by atoms with van der Waals surface area (Å²) in [4.78, 5) is 12.2. The van der Waals surface area contributed by atoms with Gasteiger partial charge in [-0.05, 0) is 55.7 Å². The third kappa shape index (κ3) is 3.67. The van der Waals surface area contributed by atoms with E-state index < -0.39 is 5.91 Å². The van der Waals surface area contributed by atoms with Gasteiger partial charge in [0.2, 0.25) is 0 Å². The molecule has 5 heteroatoms. The lowest BCUT2D eigenvalue weighted by molar-refractivity contribution is 0.1000. The zero-order valence-electron chi connectivity index (χ0n) is 15.8. The average molecular weight is 364 g/mol. The molecule has 5 nitrogen and oxygen atoms in total. The second-order valence-electron chi connectivity index (χ2n) is 6.58. The van der Waals surface area contributed by atoms with Crippen LogP contribution < -0.4 is 10.5 Å². The Morgan fingerprint density at radius 1 is 1.04 bits per heavy atom. The molecule has 0 fully saturated rings. The fraction of sp³-hybridized carbons (Fsp3) is 0.227. The van der Waals surface area contributed by atoms with Crippen molar-refractivity contribution < 1.29 is 14.6 Å². The second kappa shape index (κ2) is 7.58. The lowest BCUT2D eigenvalue weighted by atomic mass is 10.00. The average Bonchev–Trinajstić information content (AvgIpc) is 2.92. The molecule has 1 amide bonds. The lowest BCUT2D eigenvalue weighted by Crippen LogP contribution is -2.13. The molecule has 3 rings (SSSR count). The van der Waals surface area contributed by atoms with Gasteiger partial charge in [-0.1, -0.05) is 24.3 Å². The summed E-state index contributed by atoms with van der Waals surface area (Å²) >= 11 is 0. The van der Waals surface area contributed by atoms with Crippen molar-refractivity contribution in [3.05, 3.63) is 71.0 Å². The van der Waals surface area contributed by atoms with Gasteiger partial charge in [-0.25, -0.2) is 0 Å². The smallest absolute Gasteiger partial charge is 0.251 e. The maximum atomic E-state index is 12.2. The molecule has 0 atom stereocenters. The minimum absolute atomic E-state index is 0.255. The normalized spacial score (nSPS) is 10.8. The number of carbonyl (C=O) groups excluding carboxylic acids is 1. The standard InChI is InChI=1S/C22H24N2O3/c1-14-20(17-6-10-19(27-3)11-7-17)21(22(23)26)15(2)24(14)13-12-16-4-8-18(25)9-5-16/h4-11,25H,12-13H2,1-3H3,(H2,23,26). The van der Waals surface area contributed by atoms with Gasteiger partial charge in [0.1, 0.15) is 11.5 Å². The van der Waals surface area contributed by atoms with E-state index in [9.17, 15) is 9.90 Å². The first-order valence-corrected chi connectivity index (χ1v) is 8.84. The van der Waals surface area contributed by atoms with E-state index in [4.69, 9.17) is 10.5 Å². The fourth-order valence-corrected chi connectivity index (χ4v) is 3.53. The number of carbonyl (C=O) groups is 1. The number of aromatic nitrogens is 1. The Kier molecular flexibility index (Phi) is 5.21. The molecule has 27 heavy (non-hydrogen) atoms. The molecule has 2 aromatic carbocycles. The Morgan fingerprint density at radius 3 is 2.22 bits per heavy atom. The monoisotopic (exact) mass is 364 g/mol. The highest BCUT2D eigenvalue weighted by molar-refractivity contribution is 6.02. The molecule has 0 bridgehead atoms. The Morgan fingerprint density at radius 2 is 1.67 bits per heavy atom. The molecule has 140 valence electrons. The first-order valence-electron chi connectivity index (χ1n) is 8.84. The topological polar surface area (TPSA) is 77.5 Å². The predicted octanol–water partition coefficient (Wildman–Crippen LogP) is 3.83. The summed E-state index contributed by atoms with van der Waals surface area (Å²) in [5.41, 5.74) is 11.1. The van der Waals surface area contributed by atoms with Gasteiger partial charge in [0, 0.05) is 23.5 Å². The number of nitrogens with zero attached hydrogens (tertiary/aromatic N) is 1. The van der Waals surface area contributed by atoms with Crippen LogP contribution in [-0.4, -0.2) is 22.7 Å². The Labute approximate surface area is 159 Å². The summed E-state index contributed by atoms with van der Waals surface area (Å²) < 4.78 is 7.35. The number of amides is 1. The first kappa shape index (κ1) is 18.6. The molecule has 1 aromatic heterocycles. The van der Waals surface area contributed by atoms with E-state index in [1.165, 1.54) is 0 Å². The summed E-state index contributed by atoms with van der Waals surface area (Å²) in [6.45, 7) is 4.66. The summed E-state index contributed by atoms with van der Waals surface area (Å²) in [5.74, 6) is 0.593. The molecule has 3 aromatic rings. The van der Waals surface area contributed by atoms with Crippen molar-refractivity contribution >= 4 is 5.91 Å². The van der Waals surface area contributed by atoms with E-state index in [-0.39, 0.29) is 5.75 Å². The molecule has 0 saturated heterocycles. The number of nitrogens with two attached hydrogens (primary N) is 1. The molecular weight excluding hydrogens is 340 g/mol. The number of hydrogen-bond acceptors (Lipinski definition) is 3. The Bertz CT molecular complexity index is 955. The lowest BCUT2D eigenvalue weighted by Gasteiger charge is -2.10. The van der Waals surface area contributed by atoms with Gasteiger partial charge in [-0.3, -0.25) is 4.79 Å². The zero-order chi connectivity index (χ0) is 19.6. The van der Waals surface area contributed by atoms with Gasteiger partial charge >= 0.3 is 0 Å². The van der Waals surface area contributed by atoms with Crippen molar-refractivity contribution in [3.63, 3.8) is 0 Å². The number of aryl methyl sites for hydroxylation is 1. The summed E-state index contributed by atoms with van der Waals surface area (Å²) in [5, 5.41) is 9.43. The molecule has 0 aliphatic carbocycles. The van der Waals surface area contributed by atoms with E-state index in [2.05, 4.69) is 4.57 Å². The van der Waals surface area contributed by atoms with E-state index >= 15 is 0 Å². The molecule has 0 radical (unpaired) electrons. The minimum Gasteiger partial charge on any atom is -0.508 e. The van der Waals surface area contributed by atoms with Crippen molar-refractivity contribution in [1.29, 1.82) is 0 Å². The number of primary amides is 1. The predicted molar refractivity (Wildman–Crippen MR) is 106 cm³/mol. The van der Waals surface area contributed by atoms with E-state index in [0.29, 0.717) is 5.56 Å². The van der Waals surface area contributed by atoms with E-state index in [1.54, 1.807) is 19.2 Å². The fourth-order valence-electron chi connectivity index (χ4n) is 3.53. The van der Waals surface area contributed by atoms with Crippen molar-refractivity contribution in [2.75, 3.05) is 7.11 Å². The molecule has 1 heterocycles. The molecular formula is C22H24N2O3. The quantitative estimate of drug-likeness (QED) is 0.698. The molecule has 3 N–H and O–H groups in total. The van der Waals surface area contributed by atoms with Crippen LogP contribution in [0.2, 0.25) is 0 Å². The highest BCUT2D eigenvalue weighted by atomic mass is 16.5. The van der Waals surface area contributed by atoms with Crippen molar-refractivity contribution in [1.82, 2.24) is 4.57 Å². The maximum Gasteiger partial charge on any atom is 0.251 e. The van der Waals surface area contributed by atoms with Crippen LogP contribution in [0.4, 0.5) is 0 Å². The number of benzene rings is 2. The molecule has 0 unspecified atom stereocenters. The largest absolute Gasteiger partial charge is 0.508 e. The van der Waals surface area contributed by atoms with Crippen LogP contribution in [-0.2, 0) is 13.0 Å². The van der Waals surface area contributed by atoms with E-state index in [1.807, 2.05) is 50.2 Å². The van der Waals surface area contributed by atoms with Crippen LogP contribution in [0.3, 0.4) is 0 Å². The molecule has 0 spiro atoms. The maximum absolute atomic E-state index is 12.2. The number of rotatable bonds is 6. The van der Waals surface area contributed by atoms with E-state index in [0.717, 1.165) is 46.8 Å². The van der Waals surface area contributed by atoms with Gasteiger partial charge in [0.15, 0.2) is 0 Å². The highest BCUT2D eigenvalue weighted by Crippen LogP contribution is 2.33. The van der Waals surface area contributed by atoms with Crippen LogP contribution >= 0.6 is 0 Å². The van der Waals surface area contributed by atoms with Crippen LogP contribution in [0, 0.1) is 13.8 Å². The van der Waals surface area contributed by atoms with Gasteiger partial charge < -0.3 is 20.1 Å². The Hall–Kier alpha value is -3.21. The number of phenols is 1.